The Morgan fingerprint density at radius 3 is 2.70 bits per heavy atom. The molecule has 43 heavy (non-hydrogen) atoms. The number of ketones is 1. The average Bonchev–Trinajstić information content (AvgIpc) is 3.57. The molecule has 1 atom stereocenters. The number of hydrogen-bond acceptors (Lipinski definition) is 7. The summed E-state index contributed by atoms with van der Waals surface area (Å²) in [6, 6.07) is 6.97. The Hall–Kier alpha value is -4.48. The zero-order valence-electron chi connectivity index (χ0n) is 24.3. The molecule has 2 bridgehead atoms. The third-order valence-electron chi connectivity index (χ3n) is 8.56. The van der Waals surface area contributed by atoms with Crippen LogP contribution >= 0.6 is 0 Å². The zero-order valence-corrected chi connectivity index (χ0v) is 24.3. The summed E-state index contributed by atoms with van der Waals surface area (Å²) >= 11 is 0. The lowest BCUT2D eigenvalue weighted by molar-refractivity contribution is -0.138. The number of aromatic nitrogens is 1. The van der Waals surface area contributed by atoms with Crippen LogP contribution in [0.2, 0.25) is 0 Å². The van der Waals surface area contributed by atoms with E-state index in [0.29, 0.717) is 11.5 Å². The molecule has 3 fully saturated rings. The maximum atomic E-state index is 13.4. The van der Waals surface area contributed by atoms with Crippen LogP contribution in [0.15, 0.2) is 41.3 Å². The first-order valence-electron chi connectivity index (χ1n) is 15.0. The van der Waals surface area contributed by atoms with E-state index in [2.05, 4.69) is 26.6 Å². The maximum Gasteiger partial charge on any atom is 0.287 e. The summed E-state index contributed by atoms with van der Waals surface area (Å²) in [4.78, 5) is 76.8. The van der Waals surface area contributed by atoms with Crippen LogP contribution in [-0.4, -0.2) is 58.6 Å². The highest BCUT2D eigenvalue weighted by atomic mass is 16.2. The van der Waals surface area contributed by atoms with E-state index in [-0.39, 0.29) is 43.1 Å². The van der Waals surface area contributed by atoms with Crippen molar-refractivity contribution in [1.29, 1.82) is 0 Å². The summed E-state index contributed by atoms with van der Waals surface area (Å²) in [6.07, 6.45) is 6.78. The van der Waals surface area contributed by atoms with E-state index in [9.17, 15) is 28.8 Å². The second-order valence-corrected chi connectivity index (χ2v) is 11.7. The first-order chi connectivity index (χ1) is 20.7. The fourth-order valence-electron chi connectivity index (χ4n) is 6.34. The quantitative estimate of drug-likeness (QED) is 0.233. The number of fused-ring (bicyclic) bond motifs is 2. The molecule has 3 saturated carbocycles. The minimum atomic E-state index is -1.22. The lowest BCUT2D eigenvalue weighted by Gasteiger charge is -2.39. The van der Waals surface area contributed by atoms with Crippen LogP contribution in [0.3, 0.4) is 0 Å². The average molecular weight is 591 g/mol. The molecule has 4 amide bonds. The molecule has 2 aromatic rings. The summed E-state index contributed by atoms with van der Waals surface area (Å²) in [5.74, 6) is -2.32. The molecular weight excluding hydrogens is 552 g/mol. The Kier molecular flexibility index (Phi) is 8.93. The van der Waals surface area contributed by atoms with Gasteiger partial charge in [0.1, 0.15) is 18.3 Å². The van der Waals surface area contributed by atoms with Gasteiger partial charge in [-0.1, -0.05) is 0 Å². The number of Topliss-reactive ketones (excluding diaryl/α,β-unsaturated/α-hetero) is 1. The number of pyridine rings is 1. The largest absolute Gasteiger partial charge is 0.385 e. The Morgan fingerprint density at radius 1 is 1.14 bits per heavy atom. The second-order valence-electron chi connectivity index (χ2n) is 11.7. The third kappa shape index (κ3) is 6.95. The number of nitrogens with zero attached hydrogens (tertiary/aromatic N) is 1. The SMILES string of the molecule is CCNC(=O)C(=O)CC[C@H](NC(=O)c1ccc2c(c1)CCCN2)C(=O)Nc1cccn(CC(=O)NC23CCC(C2)C3)c1=O. The lowest BCUT2D eigenvalue weighted by Crippen LogP contribution is -2.53. The molecular formula is C31H38N6O6. The van der Waals surface area contributed by atoms with Crippen LogP contribution in [0.4, 0.5) is 11.4 Å². The molecule has 1 aromatic carbocycles. The normalized spacial score (nSPS) is 20.4. The van der Waals surface area contributed by atoms with E-state index >= 15 is 0 Å². The number of aryl methyl sites for hydroxylation is 1. The predicted molar refractivity (Wildman–Crippen MR) is 160 cm³/mol. The van der Waals surface area contributed by atoms with Gasteiger partial charge in [0.25, 0.3) is 17.4 Å². The van der Waals surface area contributed by atoms with Gasteiger partial charge in [0, 0.05) is 42.5 Å². The van der Waals surface area contributed by atoms with Crippen LogP contribution in [0.5, 0.6) is 0 Å². The van der Waals surface area contributed by atoms with Crippen LogP contribution in [0.1, 0.15) is 67.8 Å². The molecule has 3 aliphatic carbocycles. The van der Waals surface area contributed by atoms with Gasteiger partial charge in [0.15, 0.2) is 0 Å². The second kappa shape index (κ2) is 12.8. The Bertz CT molecular complexity index is 1490. The van der Waals surface area contributed by atoms with Crippen molar-refractivity contribution in [2.45, 2.75) is 76.4 Å². The number of nitrogens with one attached hydrogen (secondary N) is 5. The summed E-state index contributed by atoms with van der Waals surface area (Å²) in [7, 11) is 0. The monoisotopic (exact) mass is 590 g/mol. The number of carbonyl (C=O) groups is 5. The van der Waals surface area contributed by atoms with E-state index in [1.165, 1.54) is 16.8 Å². The minimum absolute atomic E-state index is 0.0720. The molecule has 1 aromatic heterocycles. The first kappa shape index (κ1) is 30.0. The minimum Gasteiger partial charge on any atom is -0.385 e. The molecule has 228 valence electrons. The summed E-state index contributed by atoms with van der Waals surface area (Å²) < 4.78 is 1.22. The van der Waals surface area contributed by atoms with Crippen molar-refractivity contribution in [3.8, 4) is 0 Å². The number of benzene rings is 1. The van der Waals surface area contributed by atoms with Gasteiger partial charge in [-0.05, 0) is 93.7 Å². The van der Waals surface area contributed by atoms with Gasteiger partial charge < -0.3 is 31.2 Å². The number of hydrogen-bond donors (Lipinski definition) is 5. The molecule has 12 heteroatoms. The van der Waals surface area contributed by atoms with Gasteiger partial charge in [0.05, 0.1) is 0 Å². The summed E-state index contributed by atoms with van der Waals surface area (Å²) in [6.45, 7) is 2.62. The Morgan fingerprint density at radius 2 is 1.95 bits per heavy atom. The first-order valence-corrected chi connectivity index (χ1v) is 15.0. The van der Waals surface area contributed by atoms with Gasteiger partial charge in [0.2, 0.25) is 17.6 Å². The zero-order chi connectivity index (χ0) is 30.6. The smallest absolute Gasteiger partial charge is 0.287 e. The van der Waals surface area contributed by atoms with Gasteiger partial charge in [-0.3, -0.25) is 28.8 Å². The summed E-state index contributed by atoms with van der Waals surface area (Å²) in [5, 5.41) is 14.0. The molecule has 5 N–H and O–H groups in total. The van der Waals surface area contributed by atoms with Crippen LogP contribution < -0.4 is 32.1 Å². The fourth-order valence-corrected chi connectivity index (χ4v) is 6.34. The van der Waals surface area contributed by atoms with Crippen LogP contribution in [0, 0.1) is 5.92 Å². The molecule has 6 rings (SSSR count). The summed E-state index contributed by atoms with van der Waals surface area (Å²) in [5.41, 5.74) is 1.50. The van der Waals surface area contributed by atoms with Crippen molar-refractivity contribution in [3.05, 3.63) is 58.0 Å². The molecule has 1 aliphatic heterocycles. The highest BCUT2D eigenvalue weighted by Crippen LogP contribution is 2.51. The van der Waals surface area contributed by atoms with Crippen molar-refractivity contribution in [2.24, 2.45) is 5.92 Å². The topological polar surface area (TPSA) is 168 Å². The van der Waals surface area contributed by atoms with Gasteiger partial charge in [-0.15, -0.1) is 0 Å². The number of rotatable bonds is 12. The third-order valence-corrected chi connectivity index (χ3v) is 8.56. The molecule has 4 aliphatic rings. The van der Waals surface area contributed by atoms with E-state index in [1.807, 2.05) is 6.07 Å². The number of carbonyl (C=O) groups excluding carboxylic acids is 5. The Balaban J connectivity index is 1.28. The number of anilines is 2. The highest BCUT2D eigenvalue weighted by molar-refractivity contribution is 6.36. The Labute approximate surface area is 249 Å². The standard InChI is InChI=1S/C31H38N6O6/c1-2-32-29(42)25(38)10-9-23(34-27(40)21-7-8-22-20(15-21)5-3-13-33-22)28(41)35-24-6-4-14-37(30(24)43)18-26(39)36-31-12-11-19(16-31)17-31/h4,6-8,14-15,19,23,33H,2-3,5,9-13,16-18H2,1H3,(H,32,42)(H,34,40)(H,35,41)(H,36,39)/t19?,23-,31?/m0/s1. The number of amides is 4. The number of likely N-dealkylation sites (N-methyl/N-ethyl adjacent to an activating group) is 1. The predicted octanol–water partition coefficient (Wildman–Crippen LogP) is 1.49. The molecule has 0 radical (unpaired) electrons. The van der Waals surface area contributed by atoms with Crippen molar-refractivity contribution in [3.63, 3.8) is 0 Å². The molecule has 0 unspecified atom stereocenters. The van der Waals surface area contributed by atoms with Crippen molar-refractivity contribution in [1.82, 2.24) is 20.5 Å². The van der Waals surface area contributed by atoms with E-state index in [1.54, 1.807) is 25.1 Å². The lowest BCUT2D eigenvalue weighted by atomic mass is 9.77. The van der Waals surface area contributed by atoms with Gasteiger partial charge in [-0.25, -0.2) is 0 Å². The van der Waals surface area contributed by atoms with E-state index in [4.69, 9.17) is 0 Å². The van der Waals surface area contributed by atoms with Gasteiger partial charge in [-0.2, -0.15) is 0 Å². The fraction of sp³-hybridized carbons (Fsp3) is 0.484. The van der Waals surface area contributed by atoms with E-state index in [0.717, 1.165) is 56.3 Å². The van der Waals surface area contributed by atoms with Crippen LogP contribution in [0.25, 0.3) is 0 Å². The van der Waals surface area contributed by atoms with Crippen molar-refractivity contribution in [2.75, 3.05) is 23.7 Å². The molecule has 2 heterocycles. The molecule has 12 nitrogen and oxygen atoms in total. The maximum absolute atomic E-state index is 13.4. The van der Waals surface area contributed by atoms with Crippen LogP contribution in [-0.2, 0) is 32.1 Å². The molecule has 0 saturated heterocycles. The highest BCUT2D eigenvalue weighted by Gasteiger charge is 2.50. The van der Waals surface area contributed by atoms with Gasteiger partial charge >= 0.3 is 0 Å². The molecule has 0 spiro atoms. The van der Waals surface area contributed by atoms with Crippen molar-refractivity contribution >= 4 is 40.8 Å². The van der Waals surface area contributed by atoms with E-state index < -0.39 is 35.1 Å². The van der Waals surface area contributed by atoms with Crippen molar-refractivity contribution < 1.29 is 24.0 Å².